The number of rotatable bonds is 2. The average molecular weight is 263 g/mol. The van der Waals surface area contributed by atoms with E-state index in [1.54, 1.807) is 0 Å². The Hall–Kier alpha value is -0.190. The van der Waals surface area contributed by atoms with Crippen molar-refractivity contribution in [2.45, 2.75) is 4.97 Å². The first-order valence-corrected chi connectivity index (χ1v) is 7.05. The van der Waals surface area contributed by atoms with E-state index < -0.39 is 0 Å². The first kappa shape index (κ1) is 8.90. The van der Waals surface area contributed by atoms with Gasteiger partial charge in [0.25, 0.3) is 0 Å². The predicted molar refractivity (Wildman–Crippen MR) is 52.0 cm³/mol. The van der Waals surface area contributed by atoms with E-state index in [9.17, 15) is 0 Å². The molecule has 1 aromatic rings. The Morgan fingerprint density at radius 2 is 1.64 bits per heavy atom. The Balaban J connectivity index is 2.83. The van der Waals surface area contributed by atoms with E-state index in [0.29, 0.717) is 0 Å². The van der Waals surface area contributed by atoms with Gasteiger partial charge in [0.15, 0.2) is 0 Å². The summed E-state index contributed by atoms with van der Waals surface area (Å²) in [5, 5.41) is 0. The SMILES string of the molecule is C[Te]c1ccc(N(C)C)cc1. The number of benzene rings is 1. The number of nitrogens with zero attached hydrogens (tertiary/aromatic N) is 1. The third-order valence-corrected chi connectivity index (χ3v) is 3.71. The number of hydrogen-bond acceptors (Lipinski definition) is 1. The molecule has 0 bridgehead atoms. The third kappa shape index (κ3) is 2.39. The molecule has 0 fully saturated rings. The molecule has 0 heterocycles. The van der Waals surface area contributed by atoms with E-state index in [4.69, 9.17) is 0 Å². The fraction of sp³-hybridized carbons (Fsp3) is 0.333. The molecule has 60 valence electrons. The second-order valence-corrected chi connectivity index (χ2v) is 5.10. The standard InChI is InChI=1S/C9H13NTe/c1-10(2)8-4-6-9(11-3)7-5-8/h4-7H,1-3H3. The van der Waals surface area contributed by atoms with Crippen LogP contribution in [-0.2, 0) is 0 Å². The topological polar surface area (TPSA) is 3.24 Å². The van der Waals surface area contributed by atoms with Gasteiger partial charge in [0.2, 0.25) is 0 Å². The fourth-order valence-corrected chi connectivity index (χ4v) is 2.05. The van der Waals surface area contributed by atoms with Gasteiger partial charge < -0.3 is 0 Å². The van der Waals surface area contributed by atoms with Gasteiger partial charge in [0, 0.05) is 0 Å². The summed E-state index contributed by atoms with van der Waals surface area (Å²) in [4.78, 5) is 4.43. The first-order chi connectivity index (χ1) is 5.24. The molecule has 11 heavy (non-hydrogen) atoms. The first-order valence-electron chi connectivity index (χ1n) is 3.55. The van der Waals surface area contributed by atoms with E-state index >= 15 is 0 Å². The summed E-state index contributed by atoms with van der Waals surface area (Å²) in [5.41, 5.74) is 1.29. The molecule has 2 heteroatoms. The van der Waals surface area contributed by atoms with E-state index in [2.05, 4.69) is 48.2 Å². The van der Waals surface area contributed by atoms with Crippen molar-refractivity contribution < 1.29 is 0 Å². The molecule has 0 aliphatic heterocycles. The van der Waals surface area contributed by atoms with E-state index in [1.165, 1.54) is 9.30 Å². The Labute approximate surface area is 78.5 Å². The van der Waals surface area contributed by atoms with Crippen LogP contribution >= 0.6 is 0 Å². The van der Waals surface area contributed by atoms with Crippen LogP contribution in [0.3, 0.4) is 0 Å². The van der Waals surface area contributed by atoms with Crippen LogP contribution in [-0.4, -0.2) is 35.0 Å². The average Bonchev–Trinajstić information content (AvgIpc) is 2.05. The molecule has 0 atom stereocenters. The van der Waals surface area contributed by atoms with Crippen LogP contribution in [0.25, 0.3) is 0 Å². The van der Waals surface area contributed by atoms with Crippen LogP contribution in [0.4, 0.5) is 5.69 Å². The zero-order chi connectivity index (χ0) is 8.27. The van der Waals surface area contributed by atoms with Crippen LogP contribution in [0.1, 0.15) is 0 Å². The summed E-state index contributed by atoms with van der Waals surface area (Å²) in [5.74, 6) is 0. The summed E-state index contributed by atoms with van der Waals surface area (Å²) in [6, 6.07) is 8.84. The van der Waals surface area contributed by atoms with Gasteiger partial charge in [0.05, 0.1) is 0 Å². The van der Waals surface area contributed by atoms with Crippen molar-refractivity contribution in [1.29, 1.82) is 0 Å². The summed E-state index contributed by atoms with van der Waals surface area (Å²) < 4.78 is 1.53. The van der Waals surface area contributed by atoms with Gasteiger partial charge in [-0.3, -0.25) is 0 Å². The number of anilines is 1. The molecule has 1 rings (SSSR count). The van der Waals surface area contributed by atoms with Crippen molar-refractivity contribution in [3.05, 3.63) is 24.3 Å². The molecule has 0 aromatic heterocycles. The Kier molecular flexibility index (Phi) is 3.23. The van der Waals surface area contributed by atoms with Crippen molar-refractivity contribution in [2.75, 3.05) is 19.0 Å². The van der Waals surface area contributed by atoms with Gasteiger partial charge in [-0.25, -0.2) is 0 Å². The fourth-order valence-electron chi connectivity index (χ4n) is 0.880. The van der Waals surface area contributed by atoms with Crippen molar-refractivity contribution in [3.8, 4) is 0 Å². The third-order valence-electron chi connectivity index (χ3n) is 1.59. The zero-order valence-electron chi connectivity index (χ0n) is 7.16. The monoisotopic (exact) mass is 265 g/mol. The van der Waals surface area contributed by atoms with Crippen LogP contribution in [0.15, 0.2) is 24.3 Å². The second-order valence-electron chi connectivity index (χ2n) is 2.59. The number of hydrogen-bond donors (Lipinski definition) is 0. The Bertz CT molecular complexity index is 216. The van der Waals surface area contributed by atoms with E-state index in [-0.39, 0.29) is 20.9 Å². The van der Waals surface area contributed by atoms with Crippen LogP contribution in [0, 0.1) is 0 Å². The summed E-state index contributed by atoms with van der Waals surface area (Å²) >= 11 is 0.102. The summed E-state index contributed by atoms with van der Waals surface area (Å²) in [7, 11) is 4.13. The molecule has 0 aliphatic rings. The zero-order valence-corrected chi connectivity index (χ0v) is 9.50. The van der Waals surface area contributed by atoms with Crippen LogP contribution in [0.2, 0.25) is 4.97 Å². The van der Waals surface area contributed by atoms with Crippen molar-refractivity contribution >= 4 is 30.2 Å². The van der Waals surface area contributed by atoms with Gasteiger partial charge in [-0.2, -0.15) is 0 Å². The molecule has 0 aliphatic carbocycles. The molecular formula is C9H13NTe. The maximum atomic E-state index is 2.30. The molecule has 0 radical (unpaired) electrons. The molecule has 1 aromatic carbocycles. The second kappa shape index (κ2) is 3.99. The normalized spacial score (nSPS) is 9.73. The van der Waals surface area contributed by atoms with Crippen molar-refractivity contribution in [3.63, 3.8) is 0 Å². The van der Waals surface area contributed by atoms with Crippen molar-refractivity contribution in [1.82, 2.24) is 0 Å². The molecule has 0 spiro atoms. The molecule has 0 unspecified atom stereocenters. The van der Waals surface area contributed by atoms with E-state index in [0.717, 1.165) is 0 Å². The molecule has 0 N–H and O–H groups in total. The minimum atomic E-state index is 0.102. The van der Waals surface area contributed by atoms with E-state index in [1.807, 2.05) is 0 Å². The van der Waals surface area contributed by atoms with Crippen LogP contribution in [0.5, 0.6) is 0 Å². The molecule has 0 saturated carbocycles. The van der Waals surface area contributed by atoms with Crippen molar-refractivity contribution in [2.24, 2.45) is 0 Å². The molecular weight excluding hydrogens is 250 g/mol. The van der Waals surface area contributed by atoms with Gasteiger partial charge in [-0.1, -0.05) is 0 Å². The van der Waals surface area contributed by atoms with Gasteiger partial charge >= 0.3 is 78.5 Å². The molecule has 0 saturated heterocycles. The molecule has 0 amide bonds. The quantitative estimate of drug-likeness (QED) is 0.723. The predicted octanol–water partition coefficient (Wildman–Crippen LogP) is 1.13. The van der Waals surface area contributed by atoms with Gasteiger partial charge in [-0.15, -0.1) is 0 Å². The van der Waals surface area contributed by atoms with Gasteiger partial charge in [-0.05, 0) is 0 Å². The Morgan fingerprint density at radius 1 is 1.09 bits per heavy atom. The van der Waals surface area contributed by atoms with Gasteiger partial charge in [0.1, 0.15) is 0 Å². The Morgan fingerprint density at radius 3 is 2.00 bits per heavy atom. The maximum absolute atomic E-state index is 2.30. The minimum absolute atomic E-state index is 0.102. The molecule has 1 nitrogen and oxygen atoms in total. The summed E-state index contributed by atoms with van der Waals surface area (Å²) in [6.07, 6.45) is 0. The van der Waals surface area contributed by atoms with Crippen LogP contribution < -0.4 is 8.51 Å². The summed E-state index contributed by atoms with van der Waals surface area (Å²) in [6.45, 7) is 0.